The number of fused-ring (bicyclic) bond motifs is 1. The van der Waals surface area contributed by atoms with Gasteiger partial charge >= 0.3 is 0 Å². The zero-order chi connectivity index (χ0) is 26.8. The van der Waals surface area contributed by atoms with Gasteiger partial charge in [-0.15, -0.1) is 0 Å². The predicted octanol–water partition coefficient (Wildman–Crippen LogP) is 6.69. The van der Waals surface area contributed by atoms with E-state index in [9.17, 15) is 0 Å². The number of aromatic nitrogens is 4. The number of aromatic amines is 1. The van der Waals surface area contributed by atoms with E-state index in [2.05, 4.69) is 59.4 Å². The Balaban J connectivity index is 1.31. The lowest BCUT2D eigenvalue weighted by molar-refractivity contribution is 0.122. The molecule has 1 fully saturated rings. The van der Waals surface area contributed by atoms with Crippen molar-refractivity contribution in [1.29, 1.82) is 0 Å². The summed E-state index contributed by atoms with van der Waals surface area (Å²) in [4.78, 5) is 12.0. The Hall–Kier alpha value is -4.43. The van der Waals surface area contributed by atoms with Gasteiger partial charge in [0.25, 0.3) is 0 Å². The second-order valence-corrected chi connectivity index (χ2v) is 10.7. The van der Waals surface area contributed by atoms with Crippen molar-refractivity contribution in [2.45, 2.75) is 26.2 Å². The third kappa shape index (κ3) is 5.71. The highest BCUT2D eigenvalue weighted by Gasteiger charge is 2.17. The highest BCUT2D eigenvalue weighted by atomic mass is 16.5. The third-order valence-corrected chi connectivity index (χ3v) is 6.81. The monoisotopic (exact) mass is 520 g/mol. The molecule has 0 spiro atoms. The van der Waals surface area contributed by atoms with E-state index >= 15 is 0 Å². The third-order valence-electron chi connectivity index (χ3n) is 6.81. The SMILES string of the molecule is CC(C)(C)c1ccc(Oc2cccc(-c3cc(Nc4ccc5[nH]ncc5c4)nc(N4CCOCC4)n3)c2)cc1. The second kappa shape index (κ2) is 10.4. The number of anilines is 3. The zero-order valence-electron chi connectivity index (χ0n) is 22.4. The van der Waals surface area contributed by atoms with Crippen LogP contribution in [0.5, 0.6) is 11.5 Å². The molecule has 3 heterocycles. The summed E-state index contributed by atoms with van der Waals surface area (Å²) in [7, 11) is 0. The van der Waals surface area contributed by atoms with E-state index in [-0.39, 0.29) is 5.41 Å². The van der Waals surface area contributed by atoms with Crippen molar-refractivity contribution < 1.29 is 9.47 Å². The first-order valence-corrected chi connectivity index (χ1v) is 13.2. The smallest absolute Gasteiger partial charge is 0.228 e. The van der Waals surface area contributed by atoms with E-state index < -0.39 is 0 Å². The molecule has 0 unspecified atom stereocenters. The molecule has 0 bridgehead atoms. The lowest BCUT2D eigenvalue weighted by Gasteiger charge is -2.27. The van der Waals surface area contributed by atoms with Gasteiger partial charge in [0.05, 0.1) is 30.6 Å². The van der Waals surface area contributed by atoms with E-state index in [4.69, 9.17) is 19.4 Å². The largest absolute Gasteiger partial charge is 0.457 e. The maximum atomic E-state index is 6.22. The number of rotatable bonds is 6. The Morgan fingerprint density at radius 3 is 2.51 bits per heavy atom. The van der Waals surface area contributed by atoms with Crippen molar-refractivity contribution in [2.75, 3.05) is 36.5 Å². The summed E-state index contributed by atoms with van der Waals surface area (Å²) in [6.45, 7) is 9.43. The van der Waals surface area contributed by atoms with Crippen molar-refractivity contribution >= 4 is 28.4 Å². The molecule has 1 aliphatic heterocycles. The Bertz CT molecular complexity index is 1580. The fourth-order valence-corrected chi connectivity index (χ4v) is 4.60. The van der Waals surface area contributed by atoms with Gasteiger partial charge in [0, 0.05) is 35.8 Å². The lowest BCUT2D eigenvalue weighted by atomic mass is 9.87. The van der Waals surface area contributed by atoms with Gasteiger partial charge in [-0.25, -0.2) is 4.98 Å². The van der Waals surface area contributed by atoms with Crippen LogP contribution in [0.3, 0.4) is 0 Å². The molecule has 0 saturated carbocycles. The van der Waals surface area contributed by atoms with Gasteiger partial charge in [0.1, 0.15) is 17.3 Å². The standard InChI is InChI=1S/C31H32N6O2/c1-31(2,3)23-7-10-25(11-8-23)39-26-6-4-5-21(18-26)28-19-29(35-30(34-28)37-13-15-38-16-14-37)33-24-9-12-27-22(17-24)20-32-36-27/h4-12,17-20H,13-16H2,1-3H3,(H,32,36)(H,33,34,35). The Morgan fingerprint density at radius 2 is 1.72 bits per heavy atom. The van der Waals surface area contributed by atoms with Crippen molar-refractivity contribution in [1.82, 2.24) is 20.2 Å². The summed E-state index contributed by atoms with van der Waals surface area (Å²) in [6, 6.07) is 24.3. The summed E-state index contributed by atoms with van der Waals surface area (Å²) in [5.74, 6) is 2.94. The molecule has 0 amide bonds. The van der Waals surface area contributed by atoms with Crippen LogP contribution < -0.4 is 15.0 Å². The zero-order valence-corrected chi connectivity index (χ0v) is 22.4. The van der Waals surface area contributed by atoms with Gasteiger partial charge in [-0.2, -0.15) is 10.1 Å². The summed E-state index contributed by atoms with van der Waals surface area (Å²) in [6.07, 6.45) is 1.81. The first-order chi connectivity index (χ1) is 18.9. The second-order valence-electron chi connectivity index (χ2n) is 10.7. The molecular formula is C31H32N6O2. The van der Waals surface area contributed by atoms with Crippen LogP contribution in [0.15, 0.2) is 79.0 Å². The number of hydrogen-bond acceptors (Lipinski definition) is 7. The van der Waals surface area contributed by atoms with E-state index in [1.165, 1.54) is 5.56 Å². The molecule has 6 rings (SSSR count). The molecule has 0 aliphatic carbocycles. The topological polar surface area (TPSA) is 88.2 Å². The summed E-state index contributed by atoms with van der Waals surface area (Å²) in [5, 5.41) is 11.6. The minimum atomic E-state index is 0.0969. The van der Waals surface area contributed by atoms with Crippen molar-refractivity contribution in [3.8, 4) is 22.8 Å². The first-order valence-electron chi connectivity index (χ1n) is 13.2. The highest BCUT2D eigenvalue weighted by Crippen LogP contribution is 2.31. The molecule has 39 heavy (non-hydrogen) atoms. The van der Waals surface area contributed by atoms with Gasteiger partial charge in [-0.1, -0.05) is 45.0 Å². The average Bonchev–Trinajstić information content (AvgIpc) is 3.41. The van der Waals surface area contributed by atoms with Gasteiger partial charge in [-0.3, -0.25) is 5.10 Å². The van der Waals surface area contributed by atoms with Crippen LogP contribution in [-0.2, 0) is 10.2 Å². The Morgan fingerprint density at radius 1 is 0.897 bits per heavy atom. The maximum absolute atomic E-state index is 6.22. The Kier molecular flexibility index (Phi) is 6.62. The molecule has 3 aromatic carbocycles. The molecule has 0 atom stereocenters. The van der Waals surface area contributed by atoms with Gasteiger partial charge in [0.2, 0.25) is 5.95 Å². The number of hydrogen-bond donors (Lipinski definition) is 2. The van der Waals surface area contributed by atoms with Crippen molar-refractivity contribution in [3.05, 3.63) is 84.6 Å². The molecule has 1 aliphatic rings. The molecular weight excluding hydrogens is 488 g/mol. The fourth-order valence-electron chi connectivity index (χ4n) is 4.60. The van der Waals surface area contributed by atoms with Crippen LogP contribution >= 0.6 is 0 Å². The van der Waals surface area contributed by atoms with E-state index in [1.54, 1.807) is 0 Å². The van der Waals surface area contributed by atoms with Gasteiger partial charge in [0.15, 0.2) is 0 Å². The molecule has 8 nitrogen and oxygen atoms in total. The van der Waals surface area contributed by atoms with Crippen LogP contribution in [0.25, 0.3) is 22.2 Å². The molecule has 2 aromatic heterocycles. The molecule has 8 heteroatoms. The fraction of sp³-hybridized carbons (Fsp3) is 0.258. The van der Waals surface area contributed by atoms with Crippen molar-refractivity contribution in [3.63, 3.8) is 0 Å². The molecule has 5 aromatic rings. The van der Waals surface area contributed by atoms with E-state index in [0.717, 1.165) is 52.4 Å². The highest BCUT2D eigenvalue weighted by molar-refractivity contribution is 5.83. The maximum Gasteiger partial charge on any atom is 0.228 e. The lowest BCUT2D eigenvalue weighted by Crippen LogP contribution is -2.37. The molecule has 198 valence electrons. The molecule has 2 N–H and O–H groups in total. The Labute approximate surface area is 228 Å². The van der Waals surface area contributed by atoms with Gasteiger partial charge < -0.3 is 19.7 Å². The normalized spacial score (nSPS) is 14.0. The first kappa shape index (κ1) is 24.9. The summed E-state index contributed by atoms with van der Waals surface area (Å²) < 4.78 is 11.8. The van der Waals surface area contributed by atoms with Gasteiger partial charge in [-0.05, 0) is 53.4 Å². The van der Waals surface area contributed by atoms with Crippen LogP contribution in [0.2, 0.25) is 0 Å². The van der Waals surface area contributed by atoms with Crippen LogP contribution in [-0.4, -0.2) is 46.5 Å². The number of morpholine rings is 1. The predicted molar refractivity (Wildman–Crippen MR) is 155 cm³/mol. The van der Waals surface area contributed by atoms with E-state index in [0.29, 0.717) is 25.0 Å². The van der Waals surface area contributed by atoms with Crippen LogP contribution in [0, 0.1) is 0 Å². The number of H-pyrrole nitrogens is 1. The number of ether oxygens (including phenoxy) is 2. The average molecular weight is 521 g/mol. The van der Waals surface area contributed by atoms with E-state index in [1.807, 2.05) is 60.8 Å². The quantitative estimate of drug-likeness (QED) is 0.258. The van der Waals surface area contributed by atoms with Crippen LogP contribution in [0.1, 0.15) is 26.3 Å². The van der Waals surface area contributed by atoms with Crippen molar-refractivity contribution in [2.24, 2.45) is 0 Å². The minimum absolute atomic E-state index is 0.0969. The number of benzene rings is 3. The molecule has 1 saturated heterocycles. The molecule has 0 radical (unpaired) electrons. The summed E-state index contributed by atoms with van der Waals surface area (Å²) >= 11 is 0. The minimum Gasteiger partial charge on any atom is -0.457 e. The number of nitrogens with one attached hydrogen (secondary N) is 2. The van der Waals surface area contributed by atoms with Crippen LogP contribution in [0.4, 0.5) is 17.5 Å². The summed E-state index contributed by atoms with van der Waals surface area (Å²) in [5.41, 5.74) is 5.04. The number of nitrogens with zero attached hydrogens (tertiary/aromatic N) is 4.